The molecule has 1 N–H and O–H groups in total. The Morgan fingerprint density at radius 1 is 1.33 bits per heavy atom. The average Bonchev–Trinajstić information content (AvgIpc) is 2.92. The number of aliphatic carboxylic acids is 1. The molecule has 0 unspecified atom stereocenters. The second kappa shape index (κ2) is 5.71. The Hall–Kier alpha value is -3.40. The molecule has 21 heavy (non-hydrogen) atoms. The number of nitro benzene ring substituents is 1. The fourth-order valence-corrected chi connectivity index (χ4v) is 1.70. The quantitative estimate of drug-likeness (QED) is 0.399. The van der Waals surface area contributed by atoms with Gasteiger partial charge in [-0.05, 0) is 18.2 Å². The maximum Gasteiger partial charge on any atom is 0.346 e. The fraction of sp³-hybridized carbons (Fsp3) is 0. The van der Waals surface area contributed by atoms with Gasteiger partial charge in [-0.1, -0.05) is 12.1 Å². The lowest BCUT2D eigenvalue weighted by Crippen LogP contribution is -1.96. The molecule has 0 atom stereocenters. The van der Waals surface area contributed by atoms with E-state index in [2.05, 4.69) is 0 Å². The molecule has 7 nitrogen and oxygen atoms in total. The molecule has 0 aliphatic carbocycles. The van der Waals surface area contributed by atoms with E-state index in [0.29, 0.717) is 0 Å². The molecular formula is C14H8N2O5. The molecule has 1 aromatic carbocycles. The molecule has 0 amide bonds. The first kappa shape index (κ1) is 14.0. The summed E-state index contributed by atoms with van der Waals surface area (Å²) in [6.07, 6.45) is 1.06. The number of carboxylic acid groups (broad SMARTS) is 1. The van der Waals surface area contributed by atoms with Gasteiger partial charge in [-0.15, -0.1) is 0 Å². The summed E-state index contributed by atoms with van der Waals surface area (Å²) < 4.78 is 5.35. The SMILES string of the molecule is N#C/C(=C/c1ccc(-c2ccccc2[N+](=O)[O-])o1)C(=O)O. The van der Waals surface area contributed by atoms with Crippen LogP contribution in [0.5, 0.6) is 0 Å². The van der Waals surface area contributed by atoms with E-state index >= 15 is 0 Å². The first-order valence-electron chi connectivity index (χ1n) is 5.71. The van der Waals surface area contributed by atoms with Gasteiger partial charge in [0.25, 0.3) is 5.69 Å². The van der Waals surface area contributed by atoms with Crippen LogP contribution in [0.1, 0.15) is 5.76 Å². The van der Waals surface area contributed by atoms with Gasteiger partial charge in [0, 0.05) is 12.1 Å². The highest BCUT2D eigenvalue weighted by atomic mass is 16.6. The second-order valence-electron chi connectivity index (χ2n) is 3.95. The van der Waals surface area contributed by atoms with Crippen molar-refractivity contribution in [3.63, 3.8) is 0 Å². The number of nitro groups is 1. The van der Waals surface area contributed by atoms with Gasteiger partial charge in [0.2, 0.25) is 0 Å². The number of carbonyl (C=O) groups is 1. The Morgan fingerprint density at radius 2 is 2.05 bits per heavy atom. The molecule has 1 heterocycles. The van der Waals surface area contributed by atoms with Gasteiger partial charge in [-0.25, -0.2) is 4.79 Å². The summed E-state index contributed by atoms with van der Waals surface area (Å²) >= 11 is 0. The first-order chi connectivity index (χ1) is 10.0. The Morgan fingerprint density at radius 3 is 2.67 bits per heavy atom. The standard InChI is InChI=1S/C14H8N2O5/c15-8-9(14(17)18)7-10-5-6-13(21-10)11-3-1-2-4-12(11)16(19)20/h1-7H,(H,17,18)/b9-7-. The lowest BCUT2D eigenvalue weighted by Gasteiger charge is -1.98. The highest BCUT2D eigenvalue weighted by molar-refractivity contribution is 5.96. The van der Waals surface area contributed by atoms with E-state index in [-0.39, 0.29) is 22.8 Å². The number of benzene rings is 1. The number of furan rings is 1. The van der Waals surface area contributed by atoms with E-state index in [1.165, 1.54) is 36.4 Å². The van der Waals surface area contributed by atoms with Crippen LogP contribution < -0.4 is 0 Å². The Bertz CT molecular complexity index is 783. The molecule has 104 valence electrons. The minimum absolute atomic E-state index is 0.124. The van der Waals surface area contributed by atoms with Crippen LogP contribution in [-0.4, -0.2) is 16.0 Å². The van der Waals surface area contributed by atoms with Gasteiger partial charge in [0.1, 0.15) is 23.2 Å². The zero-order valence-corrected chi connectivity index (χ0v) is 10.5. The van der Waals surface area contributed by atoms with E-state index in [0.717, 1.165) is 6.08 Å². The summed E-state index contributed by atoms with van der Waals surface area (Å²) in [5.74, 6) is -1.03. The van der Waals surface area contributed by atoms with Crippen molar-refractivity contribution < 1.29 is 19.2 Å². The van der Waals surface area contributed by atoms with Crippen molar-refractivity contribution in [3.05, 3.63) is 57.8 Å². The van der Waals surface area contributed by atoms with Crippen molar-refractivity contribution in [3.8, 4) is 17.4 Å². The number of hydrogen-bond acceptors (Lipinski definition) is 5. The fourth-order valence-electron chi connectivity index (χ4n) is 1.70. The molecular weight excluding hydrogens is 276 g/mol. The number of nitriles is 1. The molecule has 7 heteroatoms. The minimum atomic E-state index is -1.37. The third-order valence-electron chi connectivity index (χ3n) is 2.63. The van der Waals surface area contributed by atoms with Crippen molar-refractivity contribution >= 4 is 17.7 Å². The molecule has 0 saturated heterocycles. The van der Waals surface area contributed by atoms with Gasteiger partial charge < -0.3 is 9.52 Å². The maximum atomic E-state index is 10.9. The predicted octanol–water partition coefficient (Wildman–Crippen LogP) is 2.85. The van der Waals surface area contributed by atoms with Gasteiger partial charge in [0.15, 0.2) is 0 Å². The lowest BCUT2D eigenvalue weighted by molar-refractivity contribution is -0.384. The van der Waals surface area contributed by atoms with Gasteiger partial charge >= 0.3 is 5.97 Å². The number of para-hydroxylation sites is 1. The van der Waals surface area contributed by atoms with Crippen molar-refractivity contribution in [1.29, 1.82) is 5.26 Å². The number of carboxylic acids is 1. The van der Waals surface area contributed by atoms with Gasteiger partial charge in [-0.3, -0.25) is 10.1 Å². The van der Waals surface area contributed by atoms with Crippen molar-refractivity contribution in [2.75, 3.05) is 0 Å². The maximum absolute atomic E-state index is 10.9. The van der Waals surface area contributed by atoms with Crippen LogP contribution >= 0.6 is 0 Å². The van der Waals surface area contributed by atoms with Crippen molar-refractivity contribution in [1.82, 2.24) is 0 Å². The summed E-state index contributed by atoms with van der Waals surface area (Å²) in [7, 11) is 0. The molecule has 1 aromatic heterocycles. The molecule has 2 rings (SSSR count). The summed E-state index contributed by atoms with van der Waals surface area (Å²) in [5, 5.41) is 28.4. The van der Waals surface area contributed by atoms with Crippen LogP contribution in [0.25, 0.3) is 17.4 Å². The molecule has 0 fully saturated rings. The molecule has 0 saturated carbocycles. The van der Waals surface area contributed by atoms with Crippen LogP contribution in [0.2, 0.25) is 0 Å². The zero-order valence-electron chi connectivity index (χ0n) is 10.5. The Labute approximate surface area is 118 Å². The predicted molar refractivity (Wildman–Crippen MR) is 72.0 cm³/mol. The molecule has 2 aromatic rings. The molecule has 0 spiro atoms. The molecule has 0 bridgehead atoms. The molecule has 0 radical (unpaired) electrons. The highest BCUT2D eigenvalue weighted by Gasteiger charge is 2.17. The van der Waals surface area contributed by atoms with E-state index in [1.54, 1.807) is 6.07 Å². The Balaban J connectivity index is 2.45. The smallest absolute Gasteiger partial charge is 0.346 e. The third-order valence-corrected chi connectivity index (χ3v) is 2.63. The molecule has 0 aliphatic rings. The van der Waals surface area contributed by atoms with Crippen molar-refractivity contribution in [2.45, 2.75) is 0 Å². The first-order valence-corrected chi connectivity index (χ1v) is 5.71. The summed E-state index contributed by atoms with van der Waals surface area (Å²) in [5.41, 5.74) is -0.337. The van der Waals surface area contributed by atoms with Crippen LogP contribution in [-0.2, 0) is 4.79 Å². The second-order valence-corrected chi connectivity index (χ2v) is 3.95. The van der Waals surface area contributed by atoms with E-state index < -0.39 is 16.5 Å². The monoisotopic (exact) mass is 284 g/mol. The minimum Gasteiger partial charge on any atom is -0.477 e. The lowest BCUT2D eigenvalue weighted by atomic mass is 10.1. The van der Waals surface area contributed by atoms with Gasteiger partial charge in [-0.2, -0.15) is 5.26 Å². The molecule has 0 aliphatic heterocycles. The summed E-state index contributed by atoms with van der Waals surface area (Å²) in [6, 6.07) is 10.4. The average molecular weight is 284 g/mol. The zero-order chi connectivity index (χ0) is 15.4. The van der Waals surface area contributed by atoms with Gasteiger partial charge in [0.05, 0.1) is 10.5 Å². The number of nitrogens with zero attached hydrogens (tertiary/aromatic N) is 2. The topological polar surface area (TPSA) is 117 Å². The van der Waals surface area contributed by atoms with Crippen LogP contribution in [0.3, 0.4) is 0 Å². The Kier molecular flexibility index (Phi) is 3.81. The van der Waals surface area contributed by atoms with E-state index in [1.807, 2.05) is 0 Å². The largest absolute Gasteiger partial charge is 0.477 e. The van der Waals surface area contributed by atoms with Crippen LogP contribution in [0.4, 0.5) is 5.69 Å². The van der Waals surface area contributed by atoms with Crippen molar-refractivity contribution in [2.24, 2.45) is 0 Å². The highest BCUT2D eigenvalue weighted by Crippen LogP contribution is 2.31. The number of rotatable bonds is 4. The summed E-state index contributed by atoms with van der Waals surface area (Å²) in [6.45, 7) is 0. The van der Waals surface area contributed by atoms with Crippen LogP contribution in [0.15, 0.2) is 46.4 Å². The third kappa shape index (κ3) is 2.96. The summed E-state index contributed by atoms with van der Waals surface area (Å²) in [4.78, 5) is 21.1. The van der Waals surface area contributed by atoms with E-state index in [4.69, 9.17) is 14.8 Å². The van der Waals surface area contributed by atoms with E-state index in [9.17, 15) is 14.9 Å². The normalized spacial score (nSPS) is 10.9. The van der Waals surface area contributed by atoms with Crippen LogP contribution in [0, 0.1) is 21.4 Å². The number of hydrogen-bond donors (Lipinski definition) is 1.